The van der Waals surface area contributed by atoms with Crippen LogP contribution in [0.3, 0.4) is 0 Å². The number of carbonyl (C=O) groups excluding carboxylic acids is 1. The summed E-state index contributed by atoms with van der Waals surface area (Å²) in [5, 5.41) is 0. The van der Waals surface area contributed by atoms with E-state index >= 15 is 0 Å². The largest absolute Gasteiger partial charge is 0.285 e. The Morgan fingerprint density at radius 1 is 1.40 bits per heavy atom. The Morgan fingerprint density at radius 2 is 2.13 bits per heavy atom. The molecular weight excluding hydrogens is 218 g/mol. The maximum absolute atomic E-state index is 11.4. The zero-order chi connectivity index (χ0) is 11.3. The Labute approximate surface area is 89.0 Å². The van der Waals surface area contributed by atoms with E-state index in [0.29, 0.717) is 12.3 Å². The molecule has 0 aromatic rings. The summed E-state index contributed by atoms with van der Waals surface area (Å²) in [6, 6.07) is 0. The van der Waals surface area contributed by atoms with Crippen molar-refractivity contribution in [3.05, 3.63) is 0 Å². The van der Waals surface area contributed by atoms with E-state index in [4.69, 9.17) is 0 Å². The minimum atomic E-state index is -3.12. The Bertz CT molecular complexity index is 361. The molecule has 1 heterocycles. The number of aliphatic imine (C=N–C) groups is 1. The SMILES string of the molecule is CCCCS(=O)(=O)CN=C1CC(=O)NN1. The van der Waals surface area contributed by atoms with Gasteiger partial charge in [-0.25, -0.2) is 8.42 Å². The van der Waals surface area contributed by atoms with Crippen LogP contribution in [0.2, 0.25) is 0 Å². The van der Waals surface area contributed by atoms with Gasteiger partial charge in [-0.3, -0.25) is 20.6 Å². The van der Waals surface area contributed by atoms with Crippen molar-refractivity contribution in [2.75, 3.05) is 11.6 Å². The number of hydrogen-bond donors (Lipinski definition) is 2. The second kappa shape index (κ2) is 5.11. The summed E-state index contributed by atoms with van der Waals surface area (Å²) >= 11 is 0. The van der Waals surface area contributed by atoms with Gasteiger partial charge in [0.15, 0.2) is 9.84 Å². The number of hydrogen-bond acceptors (Lipinski definition) is 4. The molecule has 1 amide bonds. The maximum Gasteiger partial charge on any atom is 0.245 e. The first-order chi connectivity index (χ1) is 7.03. The van der Waals surface area contributed by atoms with Gasteiger partial charge in [0.25, 0.3) is 0 Å². The molecule has 1 aliphatic heterocycles. The molecule has 0 aromatic carbocycles. The van der Waals surface area contributed by atoms with E-state index in [1.54, 1.807) is 0 Å². The second-order valence-electron chi connectivity index (χ2n) is 3.39. The lowest BCUT2D eigenvalue weighted by atomic mass is 10.4. The third-order valence-electron chi connectivity index (χ3n) is 1.94. The van der Waals surface area contributed by atoms with Crippen LogP contribution >= 0.6 is 0 Å². The number of nitrogens with zero attached hydrogens (tertiary/aromatic N) is 1. The molecule has 1 fully saturated rings. The lowest BCUT2D eigenvalue weighted by Crippen LogP contribution is -2.29. The molecule has 86 valence electrons. The quantitative estimate of drug-likeness (QED) is 0.675. The van der Waals surface area contributed by atoms with E-state index in [1.807, 2.05) is 6.92 Å². The predicted octanol–water partition coefficient (Wildman–Crippen LogP) is -0.418. The van der Waals surface area contributed by atoms with Crippen molar-refractivity contribution in [3.63, 3.8) is 0 Å². The van der Waals surface area contributed by atoms with Gasteiger partial charge in [-0.2, -0.15) is 0 Å². The van der Waals surface area contributed by atoms with Crippen LogP contribution < -0.4 is 10.9 Å². The summed E-state index contributed by atoms with van der Waals surface area (Å²) in [4.78, 5) is 14.6. The Kier molecular flexibility index (Phi) is 4.07. The monoisotopic (exact) mass is 233 g/mol. The number of amidine groups is 1. The zero-order valence-corrected chi connectivity index (χ0v) is 9.43. The first kappa shape index (κ1) is 12.0. The first-order valence-corrected chi connectivity index (χ1v) is 6.64. The number of carbonyl (C=O) groups is 1. The third-order valence-corrected chi connectivity index (χ3v) is 3.37. The molecule has 0 saturated carbocycles. The van der Waals surface area contributed by atoms with E-state index in [-0.39, 0.29) is 24.0 Å². The highest BCUT2D eigenvalue weighted by atomic mass is 32.2. The van der Waals surface area contributed by atoms with Crippen molar-refractivity contribution in [1.82, 2.24) is 10.9 Å². The minimum absolute atomic E-state index is 0.128. The van der Waals surface area contributed by atoms with Gasteiger partial charge in [0.2, 0.25) is 5.91 Å². The zero-order valence-electron chi connectivity index (χ0n) is 8.62. The average Bonchev–Trinajstić information content (AvgIpc) is 2.59. The van der Waals surface area contributed by atoms with Gasteiger partial charge in [-0.05, 0) is 6.42 Å². The molecular formula is C8H15N3O3S. The summed E-state index contributed by atoms with van der Waals surface area (Å²) in [6.45, 7) is 1.93. The van der Waals surface area contributed by atoms with Crippen molar-refractivity contribution in [2.24, 2.45) is 4.99 Å². The van der Waals surface area contributed by atoms with Crippen LogP contribution in [0.15, 0.2) is 4.99 Å². The molecule has 2 N–H and O–H groups in total. The standard InChI is InChI=1S/C8H15N3O3S/c1-2-3-4-15(13,14)6-9-7-5-8(12)11-10-7/h2-6H2,1H3,(H,9,10)(H,11,12). The summed E-state index contributed by atoms with van der Waals surface area (Å²) in [7, 11) is -3.12. The normalized spacial score (nSPS) is 19.0. The molecule has 0 aromatic heterocycles. The van der Waals surface area contributed by atoms with Crippen molar-refractivity contribution in [2.45, 2.75) is 26.2 Å². The van der Waals surface area contributed by atoms with E-state index < -0.39 is 9.84 Å². The van der Waals surface area contributed by atoms with Gasteiger partial charge < -0.3 is 0 Å². The molecule has 7 heteroatoms. The number of hydrazine groups is 1. The number of rotatable bonds is 5. The summed E-state index contributed by atoms with van der Waals surface area (Å²) in [5.74, 6) is 0.103. The molecule has 0 bridgehead atoms. The second-order valence-corrected chi connectivity index (χ2v) is 5.54. The maximum atomic E-state index is 11.4. The van der Waals surface area contributed by atoms with Crippen molar-refractivity contribution < 1.29 is 13.2 Å². The highest BCUT2D eigenvalue weighted by Crippen LogP contribution is 1.99. The Hall–Kier alpha value is -1.11. The Balaban J connectivity index is 2.45. The van der Waals surface area contributed by atoms with Crippen LogP contribution in [0.5, 0.6) is 0 Å². The number of amides is 1. The molecule has 1 rings (SSSR count). The lowest BCUT2D eigenvalue weighted by Gasteiger charge is -2.00. The molecule has 15 heavy (non-hydrogen) atoms. The third kappa shape index (κ3) is 4.28. The fourth-order valence-corrected chi connectivity index (χ4v) is 2.29. The van der Waals surface area contributed by atoms with Gasteiger partial charge in [0, 0.05) is 0 Å². The average molecular weight is 233 g/mol. The highest BCUT2D eigenvalue weighted by Gasteiger charge is 2.16. The summed E-state index contributed by atoms with van der Waals surface area (Å²) in [6.07, 6.45) is 1.62. The highest BCUT2D eigenvalue weighted by molar-refractivity contribution is 7.91. The molecule has 0 spiro atoms. The smallest absolute Gasteiger partial charge is 0.245 e. The fourth-order valence-electron chi connectivity index (χ4n) is 1.08. The topological polar surface area (TPSA) is 87.6 Å². The van der Waals surface area contributed by atoms with Gasteiger partial charge in [-0.15, -0.1) is 0 Å². The lowest BCUT2D eigenvalue weighted by molar-refractivity contribution is -0.119. The van der Waals surface area contributed by atoms with E-state index in [2.05, 4.69) is 15.8 Å². The van der Waals surface area contributed by atoms with Crippen LogP contribution in [0.1, 0.15) is 26.2 Å². The van der Waals surface area contributed by atoms with E-state index in [9.17, 15) is 13.2 Å². The van der Waals surface area contributed by atoms with Crippen LogP contribution in [0.4, 0.5) is 0 Å². The molecule has 0 radical (unpaired) electrons. The van der Waals surface area contributed by atoms with Gasteiger partial charge in [0.05, 0.1) is 12.2 Å². The van der Waals surface area contributed by atoms with E-state index in [0.717, 1.165) is 6.42 Å². The van der Waals surface area contributed by atoms with Crippen molar-refractivity contribution in [1.29, 1.82) is 0 Å². The molecule has 1 aliphatic rings. The van der Waals surface area contributed by atoms with Gasteiger partial charge in [0.1, 0.15) is 11.7 Å². The Morgan fingerprint density at radius 3 is 2.67 bits per heavy atom. The summed E-state index contributed by atoms with van der Waals surface area (Å²) in [5.41, 5.74) is 4.86. The number of nitrogens with one attached hydrogen (secondary N) is 2. The number of sulfone groups is 1. The summed E-state index contributed by atoms with van der Waals surface area (Å²) < 4.78 is 22.8. The molecule has 0 atom stereocenters. The van der Waals surface area contributed by atoms with Crippen LogP contribution in [-0.4, -0.2) is 31.8 Å². The number of unbranched alkanes of at least 4 members (excludes halogenated alkanes) is 1. The van der Waals surface area contributed by atoms with Crippen molar-refractivity contribution in [3.8, 4) is 0 Å². The molecule has 0 unspecified atom stereocenters. The van der Waals surface area contributed by atoms with Crippen molar-refractivity contribution >= 4 is 21.6 Å². The first-order valence-electron chi connectivity index (χ1n) is 4.82. The molecule has 0 aliphatic carbocycles. The van der Waals surface area contributed by atoms with Crippen LogP contribution in [0, 0.1) is 0 Å². The van der Waals surface area contributed by atoms with E-state index in [1.165, 1.54) is 0 Å². The fraction of sp³-hybridized carbons (Fsp3) is 0.750. The predicted molar refractivity (Wildman–Crippen MR) is 56.9 cm³/mol. The molecule has 6 nitrogen and oxygen atoms in total. The van der Waals surface area contributed by atoms with Crippen LogP contribution in [-0.2, 0) is 14.6 Å². The minimum Gasteiger partial charge on any atom is -0.285 e. The van der Waals surface area contributed by atoms with Gasteiger partial charge >= 0.3 is 0 Å². The van der Waals surface area contributed by atoms with Gasteiger partial charge in [-0.1, -0.05) is 13.3 Å². The molecule has 1 saturated heterocycles. The van der Waals surface area contributed by atoms with Crippen LogP contribution in [0.25, 0.3) is 0 Å².